The van der Waals surface area contributed by atoms with Crippen molar-refractivity contribution in [3.05, 3.63) is 65.7 Å². The van der Waals surface area contributed by atoms with E-state index in [0.717, 1.165) is 59.8 Å². The molecule has 4 aromatic rings. The van der Waals surface area contributed by atoms with Gasteiger partial charge in [-0.05, 0) is 63.5 Å². The van der Waals surface area contributed by atoms with Crippen molar-refractivity contribution in [2.24, 2.45) is 0 Å². The fourth-order valence-corrected chi connectivity index (χ4v) is 4.60. The van der Waals surface area contributed by atoms with Crippen molar-refractivity contribution in [3.63, 3.8) is 0 Å². The number of ether oxygens (including phenoxy) is 1. The number of nitrogens with zero attached hydrogens (tertiary/aromatic N) is 5. The number of methoxy groups -OCH3 is 1. The summed E-state index contributed by atoms with van der Waals surface area (Å²) in [6, 6.07) is 14.1. The zero-order valence-corrected chi connectivity index (χ0v) is 20.0. The molecule has 1 fully saturated rings. The van der Waals surface area contributed by atoms with Gasteiger partial charge in [0.2, 0.25) is 0 Å². The second-order valence-corrected chi connectivity index (χ2v) is 8.79. The lowest BCUT2D eigenvalue weighted by Crippen LogP contribution is -2.39. The molecule has 0 bridgehead atoms. The molecule has 8 nitrogen and oxygen atoms in total. The smallest absolute Gasteiger partial charge is 0.187 e. The summed E-state index contributed by atoms with van der Waals surface area (Å²) in [7, 11) is 1.64. The van der Waals surface area contributed by atoms with Crippen molar-refractivity contribution < 1.29 is 12.1 Å². The highest BCUT2D eigenvalue weighted by Gasteiger charge is 2.35. The van der Waals surface area contributed by atoms with E-state index in [1.165, 1.54) is 0 Å². The number of piperidine rings is 1. The molecule has 0 amide bonds. The summed E-state index contributed by atoms with van der Waals surface area (Å²) in [5.41, 5.74) is 5.67. The van der Waals surface area contributed by atoms with E-state index in [2.05, 4.69) is 26.5 Å². The Kier molecular flexibility index (Phi) is 6.01. The minimum atomic E-state index is -0.589. The minimum Gasteiger partial charge on any atom is -0.496 e. The molecule has 1 N–H and O–H groups in total. The second-order valence-electron chi connectivity index (χ2n) is 8.79. The Morgan fingerprint density at radius 2 is 1.94 bits per heavy atom. The van der Waals surface area contributed by atoms with Crippen LogP contribution < -0.4 is 10.1 Å². The Hall–Kier alpha value is -4.09. The first-order valence-electron chi connectivity index (χ1n) is 11.6. The van der Waals surface area contributed by atoms with Crippen LogP contribution in [0, 0.1) is 25.2 Å². The predicted octanol–water partition coefficient (Wildman–Crippen LogP) is 5.12. The molecule has 1 saturated heterocycles. The first-order chi connectivity index (χ1) is 17.0. The van der Waals surface area contributed by atoms with E-state index in [4.69, 9.17) is 14.2 Å². The number of hydrogen-bond acceptors (Lipinski definition) is 8. The van der Waals surface area contributed by atoms with Gasteiger partial charge in [0.25, 0.3) is 0 Å². The van der Waals surface area contributed by atoms with E-state index in [0.29, 0.717) is 22.8 Å². The number of rotatable bonds is 5. The van der Waals surface area contributed by atoms with Crippen LogP contribution in [0.3, 0.4) is 0 Å². The fraction of sp³-hybridized carbons (Fsp3) is 0.296. The van der Waals surface area contributed by atoms with Crippen LogP contribution in [0.1, 0.15) is 32.6 Å². The van der Waals surface area contributed by atoms with Gasteiger partial charge in [0, 0.05) is 26.2 Å². The van der Waals surface area contributed by atoms with Crippen LogP contribution >= 0.6 is 0 Å². The van der Waals surface area contributed by atoms with Crippen molar-refractivity contribution in [3.8, 4) is 45.8 Å². The Balaban J connectivity index is 0.00000190. The van der Waals surface area contributed by atoms with E-state index in [1.54, 1.807) is 19.5 Å². The standard InChI is InChI=1S/C27H26N6O2.2H2/c1-17-5-4-6-22(34-3)25(17)20-14-23(35-33-20)26-18(2)31-15-21(32-26)19-7-10-30-24(13-19)27(16-28)8-11-29-12-9-27;;/h4-7,10,13-15,29H,8-9,11-12H2,1-3H3;2*1H. The van der Waals surface area contributed by atoms with Gasteiger partial charge < -0.3 is 14.6 Å². The summed E-state index contributed by atoms with van der Waals surface area (Å²) in [6.45, 7) is 5.50. The minimum absolute atomic E-state index is 0. The predicted molar refractivity (Wildman–Crippen MR) is 136 cm³/mol. The molecule has 180 valence electrons. The highest BCUT2D eigenvalue weighted by molar-refractivity contribution is 5.74. The lowest BCUT2D eigenvalue weighted by molar-refractivity contribution is 0.375. The number of aromatic nitrogens is 4. The summed E-state index contributed by atoms with van der Waals surface area (Å²) >= 11 is 0. The van der Waals surface area contributed by atoms with Gasteiger partial charge in [0.05, 0.1) is 36.5 Å². The molecule has 8 heteroatoms. The SMILES string of the molecule is COc1cccc(C)c1-c1cc(-c2nc(-c3ccnc(C4(C#N)CCNCC4)c3)cnc2C)on1.[HH].[HH]. The molecular formula is C27H30N6O2. The fourth-order valence-electron chi connectivity index (χ4n) is 4.60. The summed E-state index contributed by atoms with van der Waals surface area (Å²) in [6.07, 6.45) is 4.94. The summed E-state index contributed by atoms with van der Waals surface area (Å²) in [5, 5.41) is 17.6. The molecule has 3 aromatic heterocycles. The third kappa shape index (κ3) is 4.15. The van der Waals surface area contributed by atoms with Crippen LogP contribution in [0.15, 0.2) is 53.3 Å². The molecule has 0 unspecified atom stereocenters. The molecule has 1 aromatic carbocycles. The van der Waals surface area contributed by atoms with Gasteiger partial charge in [-0.25, -0.2) is 4.98 Å². The van der Waals surface area contributed by atoms with Crippen molar-refractivity contribution in [1.82, 2.24) is 25.4 Å². The Morgan fingerprint density at radius 3 is 2.71 bits per heavy atom. The molecule has 0 aliphatic carbocycles. The first kappa shape index (κ1) is 22.7. The molecule has 0 atom stereocenters. The van der Waals surface area contributed by atoms with E-state index < -0.39 is 5.41 Å². The molecule has 0 spiro atoms. The maximum Gasteiger partial charge on any atom is 0.187 e. The van der Waals surface area contributed by atoms with E-state index in [9.17, 15) is 5.26 Å². The van der Waals surface area contributed by atoms with Crippen LogP contribution in [0.25, 0.3) is 34.0 Å². The molecule has 1 aliphatic rings. The Bertz CT molecular complexity index is 1430. The molecule has 35 heavy (non-hydrogen) atoms. The molecule has 4 heterocycles. The van der Waals surface area contributed by atoms with Gasteiger partial charge in [0.15, 0.2) is 5.76 Å². The van der Waals surface area contributed by atoms with Crippen LogP contribution in [0.5, 0.6) is 5.75 Å². The van der Waals surface area contributed by atoms with Crippen molar-refractivity contribution in [2.75, 3.05) is 20.2 Å². The van der Waals surface area contributed by atoms with Gasteiger partial charge in [-0.2, -0.15) is 5.26 Å². The molecule has 5 rings (SSSR count). The van der Waals surface area contributed by atoms with Crippen LogP contribution in [-0.2, 0) is 5.41 Å². The quantitative estimate of drug-likeness (QED) is 0.428. The van der Waals surface area contributed by atoms with Gasteiger partial charge >= 0.3 is 0 Å². The molecular weight excluding hydrogens is 440 g/mol. The summed E-state index contributed by atoms with van der Waals surface area (Å²) in [5.74, 6) is 1.26. The summed E-state index contributed by atoms with van der Waals surface area (Å²) < 4.78 is 11.2. The number of hydrogen-bond donors (Lipinski definition) is 1. The highest BCUT2D eigenvalue weighted by atomic mass is 16.5. The van der Waals surface area contributed by atoms with Gasteiger partial charge in [0.1, 0.15) is 22.6 Å². The third-order valence-corrected chi connectivity index (χ3v) is 6.63. The number of pyridine rings is 1. The lowest BCUT2D eigenvalue weighted by atomic mass is 9.77. The lowest BCUT2D eigenvalue weighted by Gasteiger charge is -2.30. The van der Waals surface area contributed by atoms with Crippen LogP contribution in [-0.4, -0.2) is 40.3 Å². The number of nitrogens with one attached hydrogen (secondary N) is 1. The molecule has 0 saturated carbocycles. The second kappa shape index (κ2) is 9.28. The highest BCUT2D eigenvalue weighted by Crippen LogP contribution is 2.36. The Labute approximate surface area is 207 Å². The van der Waals surface area contributed by atoms with Crippen molar-refractivity contribution >= 4 is 0 Å². The summed E-state index contributed by atoms with van der Waals surface area (Å²) in [4.78, 5) is 14.0. The maximum atomic E-state index is 9.96. The monoisotopic (exact) mass is 470 g/mol. The van der Waals surface area contributed by atoms with Gasteiger partial charge in [-0.3, -0.25) is 9.97 Å². The van der Waals surface area contributed by atoms with E-state index in [-0.39, 0.29) is 2.85 Å². The van der Waals surface area contributed by atoms with Crippen LogP contribution in [0.2, 0.25) is 0 Å². The normalized spacial score (nSPS) is 14.9. The van der Waals surface area contributed by atoms with E-state index >= 15 is 0 Å². The number of benzene rings is 1. The van der Waals surface area contributed by atoms with Crippen molar-refractivity contribution in [2.45, 2.75) is 32.1 Å². The molecule has 1 aliphatic heterocycles. The zero-order chi connectivity index (χ0) is 24.4. The topological polar surface area (TPSA) is 110 Å². The average molecular weight is 471 g/mol. The number of aryl methyl sites for hydroxylation is 2. The number of nitriles is 1. The van der Waals surface area contributed by atoms with E-state index in [1.807, 2.05) is 50.2 Å². The largest absolute Gasteiger partial charge is 0.496 e. The average Bonchev–Trinajstić information content (AvgIpc) is 3.38. The Morgan fingerprint density at radius 1 is 1.11 bits per heavy atom. The third-order valence-electron chi connectivity index (χ3n) is 6.63. The maximum absolute atomic E-state index is 9.96. The first-order valence-corrected chi connectivity index (χ1v) is 11.6. The molecule has 0 radical (unpaired) electrons. The van der Waals surface area contributed by atoms with Gasteiger partial charge in [-0.15, -0.1) is 0 Å². The van der Waals surface area contributed by atoms with Crippen LogP contribution in [0.4, 0.5) is 0 Å². The van der Waals surface area contributed by atoms with Crippen molar-refractivity contribution in [1.29, 1.82) is 5.26 Å². The zero-order valence-electron chi connectivity index (χ0n) is 20.0. The van der Waals surface area contributed by atoms with Gasteiger partial charge in [-0.1, -0.05) is 17.3 Å².